The van der Waals surface area contributed by atoms with E-state index in [0.717, 1.165) is 50.4 Å². The second kappa shape index (κ2) is 11.9. The van der Waals surface area contributed by atoms with Gasteiger partial charge < -0.3 is 15.4 Å². The van der Waals surface area contributed by atoms with Crippen molar-refractivity contribution in [3.8, 4) is 0 Å². The highest BCUT2D eigenvalue weighted by atomic mass is 127. The number of rotatable bonds is 6. The minimum Gasteiger partial charge on any atom is -0.379 e. The van der Waals surface area contributed by atoms with Gasteiger partial charge >= 0.3 is 0 Å². The van der Waals surface area contributed by atoms with Crippen LogP contribution in [0.5, 0.6) is 0 Å². The van der Waals surface area contributed by atoms with Crippen LogP contribution >= 0.6 is 35.6 Å². The molecule has 25 heavy (non-hydrogen) atoms. The van der Waals surface area contributed by atoms with Crippen LogP contribution in [-0.2, 0) is 4.74 Å². The number of ether oxygens (including phenoxy) is 1. The fraction of sp³-hybridized carbons (Fsp3) is 0.611. The highest BCUT2D eigenvalue weighted by Crippen LogP contribution is 2.23. The molecule has 0 spiro atoms. The van der Waals surface area contributed by atoms with E-state index in [2.05, 4.69) is 40.4 Å². The van der Waals surface area contributed by atoms with Gasteiger partial charge in [0.1, 0.15) is 0 Å². The largest absolute Gasteiger partial charge is 0.379 e. The van der Waals surface area contributed by atoms with E-state index >= 15 is 0 Å². The van der Waals surface area contributed by atoms with Gasteiger partial charge in [0, 0.05) is 38.2 Å². The van der Waals surface area contributed by atoms with Crippen molar-refractivity contribution >= 4 is 41.5 Å². The van der Waals surface area contributed by atoms with Gasteiger partial charge in [-0.3, -0.25) is 9.89 Å². The molecule has 2 rings (SSSR count). The number of nitrogens with zero attached hydrogens (tertiary/aromatic N) is 2. The van der Waals surface area contributed by atoms with Crippen molar-refractivity contribution < 1.29 is 4.74 Å². The van der Waals surface area contributed by atoms with Crippen molar-refractivity contribution in [2.75, 3.05) is 46.4 Å². The molecule has 2 N–H and O–H groups in total. The predicted molar refractivity (Wildman–Crippen MR) is 116 cm³/mol. The molecule has 0 aliphatic carbocycles. The molecule has 1 atom stereocenters. The SMILES string of the molecule is CN=C(NCC(C)C)NCC(c1cccc(Cl)c1)N1CCOCC1.I. The lowest BCUT2D eigenvalue weighted by molar-refractivity contribution is 0.0170. The molecule has 1 heterocycles. The quantitative estimate of drug-likeness (QED) is 0.373. The van der Waals surface area contributed by atoms with Gasteiger partial charge in [-0.25, -0.2) is 0 Å². The van der Waals surface area contributed by atoms with Gasteiger partial charge in [0.25, 0.3) is 0 Å². The van der Waals surface area contributed by atoms with E-state index in [4.69, 9.17) is 16.3 Å². The second-order valence-electron chi connectivity index (χ2n) is 6.45. The lowest BCUT2D eigenvalue weighted by Gasteiger charge is -2.35. The standard InChI is InChI=1S/C18H29ClN4O.HI/c1-14(2)12-21-18(20-3)22-13-17(23-7-9-24-10-8-23)15-5-4-6-16(19)11-15;/h4-6,11,14,17H,7-10,12-13H2,1-3H3,(H2,20,21,22);1H. The van der Waals surface area contributed by atoms with Crippen LogP contribution in [-0.4, -0.2) is 57.3 Å². The van der Waals surface area contributed by atoms with Crippen LogP contribution in [0.1, 0.15) is 25.5 Å². The Morgan fingerprint density at radius 2 is 1.92 bits per heavy atom. The summed E-state index contributed by atoms with van der Waals surface area (Å²) >= 11 is 6.20. The van der Waals surface area contributed by atoms with Crippen molar-refractivity contribution in [2.24, 2.45) is 10.9 Å². The molecule has 0 aromatic heterocycles. The highest BCUT2D eigenvalue weighted by Gasteiger charge is 2.23. The van der Waals surface area contributed by atoms with Crippen molar-refractivity contribution in [2.45, 2.75) is 19.9 Å². The Bertz CT molecular complexity index is 536. The molecule has 0 bridgehead atoms. The summed E-state index contributed by atoms with van der Waals surface area (Å²) in [6, 6.07) is 8.35. The molecule has 1 unspecified atom stereocenters. The minimum atomic E-state index is 0. The van der Waals surface area contributed by atoms with E-state index in [-0.39, 0.29) is 30.0 Å². The van der Waals surface area contributed by atoms with Crippen LogP contribution in [0.25, 0.3) is 0 Å². The van der Waals surface area contributed by atoms with Crippen LogP contribution < -0.4 is 10.6 Å². The van der Waals surface area contributed by atoms with Crippen LogP contribution in [0.4, 0.5) is 0 Å². The van der Waals surface area contributed by atoms with E-state index in [1.54, 1.807) is 7.05 Å². The van der Waals surface area contributed by atoms with E-state index in [1.165, 1.54) is 5.56 Å². The fourth-order valence-corrected chi connectivity index (χ4v) is 2.97. The first kappa shape index (κ1) is 22.5. The fourth-order valence-electron chi connectivity index (χ4n) is 2.78. The second-order valence-corrected chi connectivity index (χ2v) is 6.88. The zero-order valence-corrected chi connectivity index (χ0v) is 18.4. The lowest BCUT2D eigenvalue weighted by Crippen LogP contribution is -2.46. The Hall–Kier alpha value is -0.570. The number of morpholine rings is 1. The van der Waals surface area contributed by atoms with Gasteiger partial charge in [-0.05, 0) is 23.6 Å². The monoisotopic (exact) mass is 480 g/mol. The topological polar surface area (TPSA) is 48.9 Å². The molecule has 1 aliphatic rings. The number of nitrogens with one attached hydrogen (secondary N) is 2. The predicted octanol–water partition coefficient (Wildman–Crippen LogP) is 3.15. The maximum absolute atomic E-state index is 6.20. The number of hydrogen-bond acceptors (Lipinski definition) is 3. The normalized spacial score (nSPS) is 17.1. The molecule has 7 heteroatoms. The first-order chi connectivity index (χ1) is 11.6. The summed E-state index contributed by atoms with van der Waals surface area (Å²) < 4.78 is 5.50. The summed E-state index contributed by atoms with van der Waals surface area (Å²) in [6.07, 6.45) is 0. The Balaban J connectivity index is 0.00000312. The van der Waals surface area contributed by atoms with Gasteiger partial charge in [-0.2, -0.15) is 0 Å². The number of aliphatic imine (C=N–C) groups is 1. The molecule has 1 aliphatic heterocycles. The maximum Gasteiger partial charge on any atom is 0.191 e. The molecule has 1 saturated heterocycles. The highest BCUT2D eigenvalue weighted by molar-refractivity contribution is 14.0. The van der Waals surface area contributed by atoms with Crippen molar-refractivity contribution in [1.82, 2.24) is 15.5 Å². The van der Waals surface area contributed by atoms with E-state index in [0.29, 0.717) is 5.92 Å². The molecule has 0 saturated carbocycles. The molecule has 1 fully saturated rings. The van der Waals surface area contributed by atoms with Gasteiger partial charge in [0.2, 0.25) is 0 Å². The van der Waals surface area contributed by atoms with Gasteiger partial charge in [0.05, 0.1) is 19.3 Å². The van der Waals surface area contributed by atoms with Crippen LogP contribution in [0.2, 0.25) is 5.02 Å². The van der Waals surface area contributed by atoms with Crippen molar-refractivity contribution in [3.05, 3.63) is 34.9 Å². The molecule has 142 valence electrons. The first-order valence-corrected chi connectivity index (χ1v) is 8.99. The van der Waals surface area contributed by atoms with Gasteiger partial charge in [0.15, 0.2) is 5.96 Å². The smallest absolute Gasteiger partial charge is 0.191 e. The van der Waals surface area contributed by atoms with E-state index < -0.39 is 0 Å². The number of halogens is 2. The van der Waals surface area contributed by atoms with Crippen molar-refractivity contribution in [1.29, 1.82) is 0 Å². The average molecular weight is 481 g/mol. The molecular formula is C18H30ClIN4O. The van der Waals surface area contributed by atoms with Crippen LogP contribution in [0.3, 0.4) is 0 Å². The third-order valence-corrected chi connectivity index (χ3v) is 4.32. The summed E-state index contributed by atoms with van der Waals surface area (Å²) in [7, 11) is 1.80. The molecule has 5 nitrogen and oxygen atoms in total. The third-order valence-electron chi connectivity index (χ3n) is 4.08. The van der Waals surface area contributed by atoms with Crippen molar-refractivity contribution in [3.63, 3.8) is 0 Å². The maximum atomic E-state index is 6.20. The van der Waals surface area contributed by atoms with Gasteiger partial charge in [-0.1, -0.05) is 37.6 Å². The summed E-state index contributed by atoms with van der Waals surface area (Å²) in [5, 5.41) is 7.58. The number of hydrogen-bond donors (Lipinski definition) is 2. The zero-order valence-electron chi connectivity index (χ0n) is 15.3. The third kappa shape index (κ3) is 7.68. The van der Waals surface area contributed by atoms with Gasteiger partial charge in [-0.15, -0.1) is 24.0 Å². The summed E-state index contributed by atoms with van der Waals surface area (Å²) in [6.45, 7) is 9.45. The van der Waals surface area contributed by atoms with Crippen LogP contribution in [0.15, 0.2) is 29.3 Å². The summed E-state index contributed by atoms with van der Waals surface area (Å²) in [5.41, 5.74) is 1.22. The lowest BCUT2D eigenvalue weighted by atomic mass is 10.0. The van der Waals surface area contributed by atoms with E-state index in [1.807, 2.05) is 18.2 Å². The first-order valence-electron chi connectivity index (χ1n) is 8.62. The summed E-state index contributed by atoms with van der Waals surface area (Å²) in [5.74, 6) is 1.41. The Labute approximate surface area is 173 Å². The summed E-state index contributed by atoms with van der Waals surface area (Å²) in [4.78, 5) is 6.76. The number of guanidine groups is 1. The molecule has 0 radical (unpaired) electrons. The molecule has 1 aromatic carbocycles. The molecular weight excluding hydrogens is 451 g/mol. The Kier molecular flexibility index (Phi) is 10.7. The Morgan fingerprint density at radius 1 is 1.24 bits per heavy atom. The minimum absolute atomic E-state index is 0. The zero-order chi connectivity index (χ0) is 17.4. The number of benzene rings is 1. The van der Waals surface area contributed by atoms with E-state index in [9.17, 15) is 0 Å². The Morgan fingerprint density at radius 3 is 2.52 bits per heavy atom. The van der Waals surface area contributed by atoms with Crippen LogP contribution in [0, 0.1) is 5.92 Å². The average Bonchev–Trinajstić information content (AvgIpc) is 2.58. The molecule has 0 amide bonds. The molecule has 1 aromatic rings.